The van der Waals surface area contributed by atoms with Crippen molar-refractivity contribution in [1.29, 1.82) is 0 Å². The van der Waals surface area contributed by atoms with E-state index in [4.69, 9.17) is 9.16 Å². The van der Waals surface area contributed by atoms with Crippen LogP contribution in [-0.2, 0) is 9.16 Å². The standard InChI is InChI=1S/C13H25FO2Si/c1-12(2,3)17(5,6)16-9-7-10(14)13(4)11(8-9)15-13/h9-11H,7-8H2,1-6H3/t9-,10-,11-,13+/m0/s1. The minimum Gasteiger partial charge on any atom is -0.414 e. The first-order chi connectivity index (χ1) is 7.56. The number of ether oxygens (including phenoxy) is 1. The summed E-state index contributed by atoms with van der Waals surface area (Å²) in [5, 5.41) is 0.184. The van der Waals surface area contributed by atoms with Crippen LogP contribution in [0.3, 0.4) is 0 Å². The van der Waals surface area contributed by atoms with Crippen molar-refractivity contribution >= 4 is 8.32 Å². The fourth-order valence-electron chi connectivity index (χ4n) is 2.32. The van der Waals surface area contributed by atoms with Crippen molar-refractivity contribution in [1.82, 2.24) is 0 Å². The molecule has 0 spiro atoms. The smallest absolute Gasteiger partial charge is 0.192 e. The molecule has 1 aliphatic heterocycles. The van der Waals surface area contributed by atoms with Gasteiger partial charge in [-0.05, 0) is 25.1 Å². The van der Waals surface area contributed by atoms with Gasteiger partial charge < -0.3 is 9.16 Å². The molecular formula is C13H25FO2Si. The molecule has 0 radical (unpaired) electrons. The van der Waals surface area contributed by atoms with E-state index in [-0.39, 0.29) is 17.2 Å². The third-order valence-corrected chi connectivity index (χ3v) is 9.35. The average Bonchev–Trinajstić information content (AvgIpc) is 2.75. The van der Waals surface area contributed by atoms with Gasteiger partial charge in [0.15, 0.2) is 8.32 Å². The van der Waals surface area contributed by atoms with Gasteiger partial charge in [0.2, 0.25) is 0 Å². The maximum atomic E-state index is 13.9. The summed E-state index contributed by atoms with van der Waals surface area (Å²) in [6.07, 6.45) is 0.631. The number of rotatable bonds is 2. The lowest BCUT2D eigenvalue weighted by molar-refractivity contribution is 0.0830. The van der Waals surface area contributed by atoms with Crippen LogP contribution in [-0.4, -0.2) is 32.3 Å². The molecule has 4 heteroatoms. The second-order valence-electron chi connectivity index (χ2n) is 7.23. The Labute approximate surface area is 105 Å². The van der Waals surface area contributed by atoms with Gasteiger partial charge in [0.05, 0.1) is 12.2 Å². The van der Waals surface area contributed by atoms with E-state index in [1.54, 1.807) is 0 Å². The number of hydrogen-bond acceptors (Lipinski definition) is 2. The van der Waals surface area contributed by atoms with Crippen LogP contribution >= 0.6 is 0 Å². The fourth-order valence-corrected chi connectivity index (χ4v) is 3.70. The van der Waals surface area contributed by atoms with Crippen molar-refractivity contribution in [2.75, 3.05) is 0 Å². The van der Waals surface area contributed by atoms with Crippen LogP contribution in [0.15, 0.2) is 0 Å². The first-order valence-electron chi connectivity index (χ1n) is 6.56. The van der Waals surface area contributed by atoms with E-state index in [0.29, 0.717) is 6.42 Å². The second kappa shape index (κ2) is 3.78. The van der Waals surface area contributed by atoms with E-state index in [0.717, 1.165) is 6.42 Å². The molecule has 17 heavy (non-hydrogen) atoms. The van der Waals surface area contributed by atoms with E-state index >= 15 is 0 Å². The molecular weight excluding hydrogens is 235 g/mol. The Morgan fingerprint density at radius 2 is 1.88 bits per heavy atom. The van der Waals surface area contributed by atoms with Gasteiger partial charge >= 0.3 is 0 Å². The van der Waals surface area contributed by atoms with Crippen LogP contribution in [0.25, 0.3) is 0 Å². The molecule has 0 unspecified atom stereocenters. The molecule has 1 heterocycles. The predicted octanol–water partition coefficient (Wildman–Crippen LogP) is 3.67. The van der Waals surface area contributed by atoms with Crippen LogP contribution < -0.4 is 0 Å². The molecule has 0 N–H and O–H groups in total. The van der Waals surface area contributed by atoms with Crippen molar-refractivity contribution in [3.63, 3.8) is 0 Å². The summed E-state index contributed by atoms with van der Waals surface area (Å²) in [7, 11) is -1.78. The summed E-state index contributed by atoms with van der Waals surface area (Å²) in [4.78, 5) is 0. The summed E-state index contributed by atoms with van der Waals surface area (Å²) in [6.45, 7) is 13.0. The molecule has 2 rings (SSSR count). The molecule has 0 amide bonds. The van der Waals surface area contributed by atoms with Crippen molar-refractivity contribution in [3.05, 3.63) is 0 Å². The van der Waals surface area contributed by atoms with E-state index in [1.165, 1.54) is 0 Å². The molecule has 0 aromatic rings. The van der Waals surface area contributed by atoms with Crippen molar-refractivity contribution in [2.24, 2.45) is 0 Å². The number of alkyl halides is 1. The molecule has 1 saturated carbocycles. The van der Waals surface area contributed by atoms with Gasteiger partial charge in [-0.15, -0.1) is 0 Å². The van der Waals surface area contributed by atoms with Gasteiger partial charge in [-0.25, -0.2) is 4.39 Å². The van der Waals surface area contributed by atoms with Crippen LogP contribution in [0.1, 0.15) is 40.5 Å². The van der Waals surface area contributed by atoms with Crippen LogP contribution in [0.4, 0.5) is 4.39 Å². The molecule has 2 nitrogen and oxygen atoms in total. The maximum absolute atomic E-state index is 13.9. The number of hydrogen-bond donors (Lipinski definition) is 0. The van der Waals surface area contributed by atoms with Gasteiger partial charge in [0.1, 0.15) is 11.8 Å². The number of fused-ring (bicyclic) bond motifs is 1. The lowest BCUT2D eigenvalue weighted by atomic mass is 9.87. The molecule has 2 aliphatic rings. The van der Waals surface area contributed by atoms with E-state index in [2.05, 4.69) is 33.9 Å². The molecule has 0 bridgehead atoms. The highest BCUT2D eigenvalue weighted by Crippen LogP contribution is 2.50. The summed E-state index contributed by atoms with van der Waals surface area (Å²) >= 11 is 0. The topological polar surface area (TPSA) is 21.8 Å². The SMILES string of the molecule is CC(C)(C)[Si](C)(C)O[C@@H]1C[C@@H]2O[C@]2(C)[C@@H](F)C1. The van der Waals surface area contributed by atoms with E-state index < -0.39 is 20.1 Å². The molecule has 0 aromatic carbocycles. The van der Waals surface area contributed by atoms with Crippen molar-refractivity contribution in [3.8, 4) is 0 Å². The third-order valence-electron chi connectivity index (χ3n) is 4.81. The second-order valence-corrected chi connectivity index (χ2v) is 12.0. The lowest BCUT2D eigenvalue weighted by Crippen LogP contribution is -2.47. The molecule has 1 aliphatic carbocycles. The first kappa shape index (κ1) is 13.5. The van der Waals surface area contributed by atoms with Crippen LogP contribution in [0.5, 0.6) is 0 Å². The minimum absolute atomic E-state index is 0.0477. The normalized spacial score (nSPS) is 42.2. The van der Waals surface area contributed by atoms with Gasteiger partial charge in [0, 0.05) is 12.8 Å². The highest BCUT2D eigenvalue weighted by molar-refractivity contribution is 6.74. The monoisotopic (exact) mass is 260 g/mol. The Morgan fingerprint density at radius 3 is 2.35 bits per heavy atom. The molecule has 1 saturated heterocycles. The zero-order valence-corrected chi connectivity index (χ0v) is 12.8. The van der Waals surface area contributed by atoms with E-state index in [9.17, 15) is 4.39 Å². The Kier molecular flexibility index (Phi) is 3.00. The zero-order valence-electron chi connectivity index (χ0n) is 11.8. The molecule has 100 valence electrons. The summed E-state index contributed by atoms with van der Waals surface area (Å²) in [6, 6.07) is 0. The van der Waals surface area contributed by atoms with Crippen LogP contribution in [0.2, 0.25) is 18.1 Å². The Bertz CT molecular complexity index is 313. The largest absolute Gasteiger partial charge is 0.414 e. The zero-order chi connectivity index (χ0) is 13.1. The Morgan fingerprint density at radius 1 is 1.29 bits per heavy atom. The Balaban J connectivity index is 1.98. The van der Waals surface area contributed by atoms with Gasteiger partial charge in [-0.2, -0.15) is 0 Å². The van der Waals surface area contributed by atoms with E-state index in [1.807, 2.05) is 6.92 Å². The van der Waals surface area contributed by atoms with Gasteiger partial charge in [-0.1, -0.05) is 20.8 Å². The van der Waals surface area contributed by atoms with Crippen molar-refractivity contribution in [2.45, 2.75) is 82.6 Å². The van der Waals surface area contributed by atoms with Gasteiger partial charge in [-0.3, -0.25) is 0 Å². The summed E-state index contributed by atoms with van der Waals surface area (Å²) in [5.74, 6) is 0. The highest BCUT2D eigenvalue weighted by Gasteiger charge is 2.62. The average molecular weight is 260 g/mol. The summed E-state index contributed by atoms with van der Waals surface area (Å²) < 4.78 is 25.7. The first-order valence-corrected chi connectivity index (χ1v) is 9.47. The third kappa shape index (κ3) is 2.31. The highest BCUT2D eigenvalue weighted by atomic mass is 28.4. The molecule has 4 atom stereocenters. The molecule has 0 aromatic heterocycles. The minimum atomic E-state index is -1.78. The number of epoxide rings is 1. The summed E-state index contributed by atoms with van der Waals surface area (Å²) in [5.41, 5.74) is -0.493. The maximum Gasteiger partial charge on any atom is 0.192 e. The van der Waals surface area contributed by atoms with Crippen LogP contribution in [0, 0.1) is 0 Å². The Hall–Kier alpha value is 0.0669. The van der Waals surface area contributed by atoms with Crippen molar-refractivity contribution < 1.29 is 13.6 Å². The number of halogens is 1. The quantitative estimate of drug-likeness (QED) is 0.558. The molecule has 2 fully saturated rings. The fraction of sp³-hybridized carbons (Fsp3) is 1.00. The lowest BCUT2D eigenvalue weighted by Gasteiger charge is -2.40. The predicted molar refractivity (Wildman–Crippen MR) is 69.5 cm³/mol. The van der Waals surface area contributed by atoms with Gasteiger partial charge in [0.25, 0.3) is 0 Å².